The first-order chi connectivity index (χ1) is 7.93. The average molecular weight is 241 g/mol. The van der Waals surface area contributed by atoms with Crippen molar-refractivity contribution >= 4 is 5.91 Å². The Labute approximate surface area is 105 Å². The molecular weight excluding hydrogens is 214 g/mol. The van der Waals surface area contributed by atoms with Crippen molar-refractivity contribution in [2.24, 2.45) is 11.1 Å². The van der Waals surface area contributed by atoms with E-state index in [0.717, 1.165) is 25.9 Å². The third-order valence-electron chi connectivity index (χ3n) is 3.71. The third-order valence-corrected chi connectivity index (χ3v) is 3.71. The van der Waals surface area contributed by atoms with Gasteiger partial charge in [-0.1, -0.05) is 0 Å². The summed E-state index contributed by atoms with van der Waals surface area (Å²) >= 11 is 0. The van der Waals surface area contributed by atoms with Gasteiger partial charge in [0.1, 0.15) is 0 Å². The largest absolute Gasteiger partial charge is 0.354 e. The van der Waals surface area contributed by atoms with Crippen LogP contribution in [-0.4, -0.2) is 42.5 Å². The molecule has 0 aromatic carbocycles. The summed E-state index contributed by atoms with van der Waals surface area (Å²) in [5.74, 6) is 0.146. The van der Waals surface area contributed by atoms with E-state index in [0.29, 0.717) is 18.6 Å². The van der Waals surface area contributed by atoms with Crippen LogP contribution in [0.2, 0.25) is 0 Å². The van der Waals surface area contributed by atoms with Gasteiger partial charge in [0.2, 0.25) is 5.91 Å². The Morgan fingerprint density at radius 1 is 1.29 bits per heavy atom. The molecule has 1 rings (SSSR count). The molecule has 0 unspecified atom stereocenters. The number of nitrogens with two attached hydrogens (primary N) is 1. The molecule has 0 saturated heterocycles. The van der Waals surface area contributed by atoms with E-state index < -0.39 is 0 Å². The quantitative estimate of drug-likeness (QED) is 0.698. The minimum absolute atomic E-state index is 0.146. The molecule has 1 saturated carbocycles. The molecule has 0 radical (unpaired) electrons. The Morgan fingerprint density at radius 3 is 2.18 bits per heavy atom. The van der Waals surface area contributed by atoms with Gasteiger partial charge in [0.05, 0.1) is 5.41 Å². The van der Waals surface area contributed by atoms with E-state index in [1.54, 1.807) is 0 Å². The van der Waals surface area contributed by atoms with Gasteiger partial charge in [-0.3, -0.25) is 9.69 Å². The molecule has 100 valence electrons. The molecule has 1 amide bonds. The lowest BCUT2D eigenvalue weighted by Crippen LogP contribution is -2.44. The maximum atomic E-state index is 11.9. The summed E-state index contributed by atoms with van der Waals surface area (Å²) in [5, 5.41) is 3.02. The first-order valence-electron chi connectivity index (χ1n) is 6.67. The normalized spacial score (nSPS) is 17.9. The van der Waals surface area contributed by atoms with E-state index in [2.05, 4.69) is 37.9 Å². The fourth-order valence-electron chi connectivity index (χ4n) is 2.27. The van der Waals surface area contributed by atoms with Gasteiger partial charge >= 0.3 is 0 Å². The topological polar surface area (TPSA) is 58.4 Å². The minimum Gasteiger partial charge on any atom is -0.354 e. The summed E-state index contributed by atoms with van der Waals surface area (Å²) in [6.45, 7) is 10.8. The first kappa shape index (κ1) is 14.5. The summed E-state index contributed by atoms with van der Waals surface area (Å²) in [5.41, 5.74) is 5.40. The van der Waals surface area contributed by atoms with Crippen molar-refractivity contribution < 1.29 is 4.79 Å². The summed E-state index contributed by atoms with van der Waals surface area (Å²) in [4.78, 5) is 14.2. The third kappa shape index (κ3) is 3.68. The Balaban J connectivity index is 2.29. The molecule has 0 heterocycles. The van der Waals surface area contributed by atoms with Crippen LogP contribution in [0.5, 0.6) is 0 Å². The number of hydrogen-bond donors (Lipinski definition) is 2. The van der Waals surface area contributed by atoms with Crippen LogP contribution in [0.15, 0.2) is 0 Å². The summed E-state index contributed by atoms with van der Waals surface area (Å²) in [6, 6.07) is 1.02. The van der Waals surface area contributed by atoms with Crippen molar-refractivity contribution in [3.8, 4) is 0 Å². The van der Waals surface area contributed by atoms with Gasteiger partial charge in [-0.2, -0.15) is 0 Å². The van der Waals surface area contributed by atoms with Gasteiger partial charge < -0.3 is 11.1 Å². The zero-order chi connectivity index (χ0) is 13.1. The highest BCUT2D eigenvalue weighted by molar-refractivity contribution is 5.85. The van der Waals surface area contributed by atoms with Gasteiger partial charge in [-0.25, -0.2) is 0 Å². The Morgan fingerprint density at radius 2 is 1.82 bits per heavy atom. The Kier molecular flexibility index (Phi) is 4.95. The monoisotopic (exact) mass is 241 g/mol. The van der Waals surface area contributed by atoms with E-state index in [1.807, 2.05) is 0 Å². The number of nitrogens with zero attached hydrogens (tertiary/aromatic N) is 1. The molecule has 0 aromatic heterocycles. The molecule has 1 aliphatic rings. The standard InChI is InChI=1S/C13H27N3O/c1-10(2)16(11(3)4)8-7-15-12(17)13(9-14)5-6-13/h10-11H,5-9,14H2,1-4H3,(H,15,17). The van der Waals surface area contributed by atoms with Crippen molar-refractivity contribution in [2.45, 2.75) is 52.6 Å². The minimum atomic E-state index is -0.222. The SMILES string of the molecule is CC(C)N(CCNC(=O)C1(CN)CC1)C(C)C. The average Bonchev–Trinajstić information content (AvgIpc) is 3.03. The molecule has 0 aromatic rings. The van der Waals surface area contributed by atoms with E-state index in [-0.39, 0.29) is 11.3 Å². The zero-order valence-corrected chi connectivity index (χ0v) is 11.6. The van der Waals surface area contributed by atoms with Crippen molar-refractivity contribution in [3.05, 3.63) is 0 Å². The molecule has 0 atom stereocenters. The highest BCUT2D eigenvalue weighted by Gasteiger charge is 2.48. The molecule has 0 bridgehead atoms. The molecule has 17 heavy (non-hydrogen) atoms. The van der Waals surface area contributed by atoms with Gasteiger partial charge in [0.15, 0.2) is 0 Å². The second-order valence-corrected chi connectivity index (χ2v) is 5.67. The molecule has 0 aliphatic heterocycles. The molecule has 1 fully saturated rings. The van der Waals surface area contributed by atoms with Crippen molar-refractivity contribution in [1.82, 2.24) is 10.2 Å². The van der Waals surface area contributed by atoms with Crippen LogP contribution in [0.25, 0.3) is 0 Å². The van der Waals surface area contributed by atoms with E-state index >= 15 is 0 Å². The van der Waals surface area contributed by atoms with Crippen LogP contribution in [0.4, 0.5) is 0 Å². The zero-order valence-electron chi connectivity index (χ0n) is 11.6. The Hall–Kier alpha value is -0.610. The van der Waals surface area contributed by atoms with Crippen LogP contribution in [0, 0.1) is 5.41 Å². The van der Waals surface area contributed by atoms with E-state index in [9.17, 15) is 4.79 Å². The number of nitrogens with one attached hydrogen (secondary N) is 1. The van der Waals surface area contributed by atoms with Gasteiger partial charge in [0.25, 0.3) is 0 Å². The molecular formula is C13H27N3O. The predicted molar refractivity (Wildman–Crippen MR) is 70.7 cm³/mol. The summed E-state index contributed by atoms with van der Waals surface area (Å²) in [6.07, 6.45) is 1.90. The number of carbonyl (C=O) groups excluding carboxylic acids is 1. The van der Waals surface area contributed by atoms with E-state index in [4.69, 9.17) is 5.73 Å². The lowest BCUT2D eigenvalue weighted by Gasteiger charge is -2.30. The maximum Gasteiger partial charge on any atom is 0.227 e. The van der Waals surface area contributed by atoms with Crippen molar-refractivity contribution in [1.29, 1.82) is 0 Å². The van der Waals surface area contributed by atoms with Crippen LogP contribution >= 0.6 is 0 Å². The van der Waals surface area contributed by atoms with E-state index in [1.165, 1.54) is 0 Å². The second kappa shape index (κ2) is 5.83. The fourth-order valence-corrected chi connectivity index (χ4v) is 2.27. The fraction of sp³-hybridized carbons (Fsp3) is 0.923. The van der Waals surface area contributed by atoms with Gasteiger partial charge in [-0.05, 0) is 40.5 Å². The van der Waals surface area contributed by atoms with Crippen molar-refractivity contribution in [2.75, 3.05) is 19.6 Å². The lowest BCUT2D eigenvalue weighted by atomic mass is 10.1. The number of hydrogen-bond acceptors (Lipinski definition) is 3. The summed E-state index contributed by atoms with van der Waals surface area (Å²) < 4.78 is 0. The van der Waals surface area contributed by atoms with Crippen LogP contribution in [0.1, 0.15) is 40.5 Å². The van der Waals surface area contributed by atoms with Crippen LogP contribution in [-0.2, 0) is 4.79 Å². The Bertz CT molecular complexity index is 251. The molecule has 1 aliphatic carbocycles. The number of amides is 1. The maximum absolute atomic E-state index is 11.9. The summed E-state index contributed by atoms with van der Waals surface area (Å²) in [7, 11) is 0. The molecule has 3 N–H and O–H groups in total. The number of rotatable bonds is 7. The number of carbonyl (C=O) groups is 1. The highest BCUT2D eigenvalue weighted by atomic mass is 16.2. The molecule has 4 nitrogen and oxygen atoms in total. The smallest absolute Gasteiger partial charge is 0.227 e. The second-order valence-electron chi connectivity index (χ2n) is 5.67. The molecule has 0 spiro atoms. The lowest BCUT2D eigenvalue weighted by molar-refractivity contribution is -0.126. The van der Waals surface area contributed by atoms with Crippen molar-refractivity contribution in [3.63, 3.8) is 0 Å². The van der Waals surface area contributed by atoms with Gasteiger partial charge in [0, 0.05) is 31.7 Å². The predicted octanol–water partition coefficient (Wildman–Crippen LogP) is 0.960. The van der Waals surface area contributed by atoms with Crippen LogP contribution < -0.4 is 11.1 Å². The van der Waals surface area contributed by atoms with Gasteiger partial charge in [-0.15, -0.1) is 0 Å². The van der Waals surface area contributed by atoms with Crippen LogP contribution in [0.3, 0.4) is 0 Å². The first-order valence-corrected chi connectivity index (χ1v) is 6.67. The molecule has 4 heteroatoms. The highest BCUT2D eigenvalue weighted by Crippen LogP contribution is 2.44.